The molecule has 0 atom stereocenters. The highest BCUT2D eigenvalue weighted by atomic mass is 16.5. The predicted molar refractivity (Wildman–Crippen MR) is 116 cm³/mol. The number of carbonyl (C=O) groups excluding carboxylic acids is 3. The molecule has 3 aromatic rings. The number of amides is 1. The zero-order chi connectivity index (χ0) is 22.0. The molecule has 3 heterocycles. The minimum atomic E-state index is -0.488. The number of H-pyrrole nitrogens is 1. The van der Waals surface area contributed by atoms with Crippen molar-refractivity contribution in [3.8, 4) is 0 Å². The van der Waals surface area contributed by atoms with E-state index in [-0.39, 0.29) is 0 Å². The molecule has 1 aliphatic rings. The molecular formula is C23H24N4O4. The molecule has 0 saturated carbocycles. The third-order valence-electron chi connectivity index (χ3n) is 5.46. The summed E-state index contributed by atoms with van der Waals surface area (Å²) in [7, 11) is 0. The number of anilines is 1. The lowest BCUT2D eigenvalue weighted by atomic mass is 10.1. The van der Waals surface area contributed by atoms with Gasteiger partial charge in [-0.25, -0.2) is 9.78 Å². The van der Waals surface area contributed by atoms with Gasteiger partial charge in [-0.15, -0.1) is 0 Å². The number of aromatic nitrogens is 2. The first-order valence-electron chi connectivity index (χ1n) is 10.3. The molecule has 2 aromatic heterocycles. The monoisotopic (exact) mass is 420 g/mol. The molecule has 1 aliphatic heterocycles. The second kappa shape index (κ2) is 8.59. The predicted octanol–water partition coefficient (Wildman–Crippen LogP) is 2.58. The summed E-state index contributed by atoms with van der Waals surface area (Å²) in [5.74, 6) is -0.652. The fourth-order valence-corrected chi connectivity index (χ4v) is 3.87. The number of carbonyl (C=O) groups is 3. The number of ketones is 1. The van der Waals surface area contributed by atoms with Crippen molar-refractivity contribution < 1.29 is 19.1 Å². The van der Waals surface area contributed by atoms with Crippen molar-refractivity contribution in [1.82, 2.24) is 14.9 Å². The maximum atomic E-state index is 13.0. The lowest BCUT2D eigenvalue weighted by Crippen LogP contribution is -2.51. The number of aromatic amines is 1. The number of nitrogens with zero attached hydrogens (tertiary/aromatic N) is 3. The lowest BCUT2D eigenvalue weighted by molar-refractivity contribution is -0.126. The van der Waals surface area contributed by atoms with E-state index in [1.807, 2.05) is 36.1 Å². The molecule has 31 heavy (non-hydrogen) atoms. The van der Waals surface area contributed by atoms with Crippen LogP contribution < -0.4 is 4.90 Å². The molecule has 1 saturated heterocycles. The first-order chi connectivity index (χ1) is 15.0. The molecule has 0 spiro atoms. The van der Waals surface area contributed by atoms with Gasteiger partial charge in [0.15, 0.2) is 0 Å². The van der Waals surface area contributed by atoms with Crippen LogP contribution in [0.1, 0.15) is 33.3 Å². The Labute approximate surface area is 179 Å². The number of Topliss-reactive ketones (excluding diaryl/α,β-unsaturated/α-hetero) is 1. The molecule has 0 bridgehead atoms. The van der Waals surface area contributed by atoms with Gasteiger partial charge >= 0.3 is 5.97 Å². The minimum absolute atomic E-state index is 0.313. The summed E-state index contributed by atoms with van der Waals surface area (Å²) >= 11 is 0. The maximum Gasteiger partial charge on any atom is 0.339 e. The smallest absolute Gasteiger partial charge is 0.339 e. The third-order valence-corrected chi connectivity index (χ3v) is 5.46. The molecule has 0 aliphatic carbocycles. The van der Waals surface area contributed by atoms with Crippen LogP contribution in [0.5, 0.6) is 0 Å². The standard InChI is InChI=1S/C23H24N4O4/c1-3-31-23(30)16-8-9-19(24-14-16)26-10-12-27(13-11-26)22(29)21(28)20-15(2)25-18-7-5-4-6-17(18)20/h4-9,14,25H,3,10-13H2,1-2H3. The second-order valence-corrected chi connectivity index (χ2v) is 7.40. The molecule has 1 N–H and O–H groups in total. The van der Waals surface area contributed by atoms with Crippen LogP contribution in [-0.4, -0.2) is 65.3 Å². The third kappa shape index (κ3) is 4.01. The largest absolute Gasteiger partial charge is 0.462 e. The summed E-state index contributed by atoms with van der Waals surface area (Å²) in [6, 6.07) is 10.9. The summed E-state index contributed by atoms with van der Waals surface area (Å²) in [6.45, 7) is 5.83. The van der Waals surface area contributed by atoms with Gasteiger partial charge < -0.3 is 19.5 Å². The molecular weight excluding hydrogens is 396 g/mol. The van der Waals surface area contributed by atoms with E-state index in [0.717, 1.165) is 16.7 Å². The summed E-state index contributed by atoms with van der Waals surface area (Å²) in [4.78, 5) is 48.8. The Morgan fingerprint density at radius 1 is 1.06 bits per heavy atom. The number of esters is 1. The van der Waals surface area contributed by atoms with Crippen molar-refractivity contribution >= 4 is 34.4 Å². The van der Waals surface area contributed by atoms with Crippen LogP contribution in [0.15, 0.2) is 42.6 Å². The summed E-state index contributed by atoms with van der Waals surface area (Å²) in [5.41, 5.74) is 2.39. The Kier molecular flexibility index (Phi) is 5.70. The van der Waals surface area contributed by atoms with Crippen LogP contribution in [0.4, 0.5) is 5.82 Å². The van der Waals surface area contributed by atoms with Crippen LogP contribution in [-0.2, 0) is 9.53 Å². The first kappa shape index (κ1) is 20.6. The van der Waals surface area contributed by atoms with Crippen LogP contribution in [0.25, 0.3) is 10.9 Å². The Morgan fingerprint density at radius 2 is 1.81 bits per heavy atom. The quantitative estimate of drug-likeness (QED) is 0.387. The van der Waals surface area contributed by atoms with Crippen molar-refractivity contribution in [2.24, 2.45) is 0 Å². The van der Waals surface area contributed by atoms with E-state index < -0.39 is 17.7 Å². The number of fused-ring (bicyclic) bond motifs is 1. The zero-order valence-electron chi connectivity index (χ0n) is 17.6. The number of hydrogen-bond acceptors (Lipinski definition) is 6. The van der Waals surface area contributed by atoms with E-state index in [1.165, 1.54) is 6.20 Å². The topological polar surface area (TPSA) is 95.6 Å². The minimum Gasteiger partial charge on any atom is -0.462 e. The molecule has 8 heteroatoms. The SMILES string of the molecule is CCOC(=O)c1ccc(N2CCN(C(=O)C(=O)c3c(C)[nH]c4ccccc34)CC2)nc1. The van der Waals surface area contributed by atoms with Crippen molar-refractivity contribution in [2.75, 3.05) is 37.7 Å². The summed E-state index contributed by atoms with van der Waals surface area (Å²) in [5, 5.41) is 0.767. The maximum absolute atomic E-state index is 13.0. The van der Waals surface area contributed by atoms with E-state index in [4.69, 9.17) is 4.74 Å². The Balaban J connectivity index is 1.41. The van der Waals surface area contributed by atoms with Crippen LogP contribution >= 0.6 is 0 Å². The molecule has 4 rings (SSSR count). The number of rotatable bonds is 5. The van der Waals surface area contributed by atoms with Gasteiger partial charge in [-0.3, -0.25) is 9.59 Å². The van der Waals surface area contributed by atoms with Gasteiger partial charge in [0.2, 0.25) is 0 Å². The average molecular weight is 420 g/mol. The zero-order valence-corrected chi connectivity index (χ0v) is 17.6. The van der Waals surface area contributed by atoms with Crippen LogP contribution in [0.3, 0.4) is 0 Å². The second-order valence-electron chi connectivity index (χ2n) is 7.40. The highest BCUT2D eigenvalue weighted by Crippen LogP contribution is 2.23. The first-order valence-corrected chi connectivity index (χ1v) is 10.3. The Hall–Kier alpha value is -3.68. The molecule has 1 fully saturated rings. The van der Waals surface area contributed by atoms with E-state index in [1.54, 1.807) is 24.0 Å². The molecule has 0 radical (unpaired) electrons. The van der Waals surface area contributed by atoms with Gasteiger partial charge in [0.1, 0.15) is 5.82 Å². The highest BCUT2D eigenvalue weighted by molar-refractivity contribution is 6.45. The number of piperazine rings is 1. The van der Waals surface area contributed by atoms with Crippen molar-refractivity contribution in [3.05, 3.63) is 59.4 Å². The fourth-order valence-electron chi connectivity index (χ4n) is 3.87. The number of ether oxygens (including phenoxy) is 1. The number of hydrogen-bond donors (Lipinski definition) is 1. The highest BCUT2D eigenvalue weighted by Gasteiger charge is 2.30. The fraction of sp³-hybridized carbons (Fsp3) is 0.304. The molecule has 1 amide bonds. The molecule has 8 nitrogen and oxygen atoms in total. The van der Waals surface area contributed by atoms with Crippen molar-refractivity contribution in [1.29, 1.82) is 0 Å². The number of aryl methyl sites for hydroxylation is 1. The van der Waals surface area contributed by atoms with Crippen LogP contribution in [0, 0.1) is 6.92 Å². The molecule has 1 aromatic carbocycles. The van der Waals surface area contributed by atoms with E-state index >= 15 is 0 Å². The number of benzene rings is 1. The number of nitrogens with one attached hydrogen (secondary N) is 1. The molecule has 160 valence electrons. The van der Waals surface area contributed by atoms with E-state index in [2.05, 4.69) is 9.97 Å². The average Bonchev–Trinajstić information content (AvgIpc) is 3.14. The van der Waals surface area contributed by atoms with Gasteiger partial charge in [0, 0.05) is 49.0 Å². The summed E-state index contributed by atoms with van der Waals surface area (Å²) < 4.78 is 4.97. The summed E-state index contributed by atoms with van der Waals surface area (Å²) in [6.07, 6.45) is 1.49. The lowest BCUT2D eigenvalue weighted by Gasteiger charge is -2.35. The van der Waals surface area contributed by atoms with Crippen molar-refractivity contribution in [3.63, 3.8) is 0 Å². The van der Waals surface area contributed by atoms with Gasteiger partial charge in [-0.1, -0.05) is 18.2 Å². The van der Waals surface area contributed by atoms with Gasteiger partial charge in [-0.2, -0.15) is 0 Å². The number of pyridine rings is 1. The van der Waals surface area contributed by atoms with Gasteiger partial charge in [-0.05, 0) is 32.0 Å². The van der Waals surface area contributed by atoms with E-state index in [0.29, 0.717) is 49.6 Å². The van der Waals surface area contributed by atoms with Gasteiger partial charge in [0.25, 0.3) is 11.7 Å². The van der Waals surface area contributed by atoms with Crippen molar-refractivity contribution in [2.45, 2.75) is 13.8 Å². The van der Waals surface area contributed by atoms with Gasteiger partial charge in [0.05, 0.1) is 17.7 Å². The molecule has 0 unspecified atom stereocenters. The number of para-hydroxylation sites is 1. The Bertz CT molecular complexity index is 1130. The van der Waals surface area contributed by atoms with E-state index in [9.17, 15) is 14.4 Å². The normalized spacial score (nSPS) is 14.0. The van der Waals surface area contributed by atoms with Crippen LogP contribution in [0.2, 0.25) is 0 Å². The Morgan fingerprint density at radius 3 is 2.48 bits per heavy atom.